The van der Waals surface area contributed by atoms with E-state index in [9.17, 15) is 20.4 Å². The van der Waals surface area contributed by atoms with Gasteiger partial charge in [0.05, 0.1) is 23.3 Å². The van der Waals surface area contributed by atoms with Crippen LogP contribution in [0.5, 0.6) is 0 Å². The molecule has 6 bridgehead atoms. The van der Waals surface area contributed by atoms with Gasteiger partial charge in [-0.1, -0.05) is 48.4 Å². The second kappa shape index (κ2) is 11.1. The monoisotopic (exact) mass is 598 g/mol. The summed E-state index contributed by atoms with van der Waals surface area (Å²) in [5, 5.41) is 54.1. The molecule has 0 saturated heterocycles. The molecule has 234 valence electrons. The summed E-state index contributed by atoms with van der Waals surface area (Å²) in [7, 11) is 1.69. The molecule has 0 aliphatic heterocycles. The van der Waals surface area contributed by atoms with Crippen LogP contribution in [0.4, 0.5) is 0 Å². The first-order valence-corrected chi connectivity index (χ1v) is 16.4. The third-order valence-corrected chi connectivity index (χ3v) is 12.0. The topological polar surface area (TPSA) is 133 Å². The maximum absolute atomic E-state index is 12.7. The van der Waals surface area contributed by atoms with E-state index >= 15 is 0 Å². The van der Waals surface area contributed by atoms with E-state index in [4.69, 9.17) is 6.58 Å². The molecule has 1 heterocycles. The number of hydrogen-bond donors (Lipinski definition) is 7. The molecule has 1 aromatic heterocycles. The largest absolute Gasteiger partial charge is 0.396 e. The van der Waals surface area contributed by atoms with Gasteiger partial charge in [0.25, 0.3) is 0 Å². The number of benzene rings is 1. The molecule has 7 N–H and O–H groups in total. The molecule has 8 nitrogen and oxygen atoms in total. The Morgan fingerprint density at radius 1 is 1.16 bits per heavy atom. The number of nitrogens with one attached hydrogen (secondary N) is 3. The zero-order valence-corrected chi connectivity index (χ0v) is 25.6. The molecule has 10 atom stereocenters. The number of guanidine groups is 1. The molecule has 44 heavy (non-hydrogen) atoms. The maximum atomic E-state index is 12.7. The SMILES string of the molecule is C=C(Cc1cc2ccccc2[nH]1)[C@]12CC#C[C@@H](NC(=NC)NCCCO)C[C@@]3(O)[C@H]4[C@H]1CC[C@@H]1[C@@H]2C=CC[C@]1(O)[C@H]4C[C@@H]3O. The Bertz CT molecular complexity index is 1520. The molecule has 3 fully saturated rings. The quantitative estimate of drug-likeness (QED) is 0.0862. The van der Waals surface area contributed by atoms with E-state index in [1.807, 2.05) is 12.1 Å². The standard InChI is InChI=1S/C36H46N4O4/c1-22(18-25-19-23-8-3-4-11-30(23)39-25)34-14-5-9-24(40-33(37-2)38-16-7-17-41)21-36(44)31(42)20-29-32(36)28(34)13-12-27-26(34)10-6-15-35(27,29)43/h3-4,6,8,10-11,19,24,26-29,31-32,39,41-44H,1,7,12-18,20-21H2,2H3,(H2,37,38,40)/t24-,26+,27-,28-,29+,31+,32+,34+,35-,36+/m1/s1. The predicted molar refractivity (Wildman–Crippen MR) is 172 cm³/mol. The molecule has 5 aliphatic carbocycles. The first kappa shape index (κ1) is 29.6. The first-order valence-electron chi connectivity index (χ1n) is 16.4. The lowest BCUT2D eigenvalue weighted by molar-refractivity contribution is -0.124. The maximum Gasteiger partial charge on any atom is 0.191 e. The number of aliphatic hydroxyl groups is 4. The van der Waals surface area contributed by atoms with Gasteiger partial charge < -0.3 is 36.0 Å². The average Bonchev–Trinajstić information content (AvgIpc) is 3.50. The van der Waals surface area contributed by atoms with Crippen molar-refractivity contribution in [2.75, 3.05) is 20.2 Å². The minimum atomic E-state index is -1.44. The van der Waals surface area contributed by atoms with Crippen LogP contribution in [0, 0.1) is 46.8 Å². The fourth-order valence-electron chi connectivity index (χ4n) is 10.3. The minimum absolute atomic E-state index is 0.0135. The lowest BCUT2D eigenvalue weighted by atomic mass is 9.48. The number of aliphatic hydroxyl groups excluding tert-OH is 2. The van der Waals surface area contributed by atoms with Crippen LogP contribution in [-0.2, 0) is 6.42 Å². The number of para-hydroxylation sites is 1. The van der Waals surface area contributed by atoms with Gasteiger partial charge in [0, 0.05) is 56.1 Å². The van der Waals surface area contributed by atoms with Gasteiger partial charge in [-0.25, -0.2) is 0 Å². The Hall–Kier alpha value is -3.09. The molecule has 5 aliphatic rings. The third-order valence-electron chi connectivity index (χ3n) is 12.0. The van der Waals surface area contributed by atoms with Crippen LogP contribution in [-0.4, -0.2) is 74.9 Å². The van der Waals surface area contributed by atoms with Crippen molar-refractivity contribution in [2.24, 2.45) is 40.0 Å². The summed E-state index contributed by atoms with van der Waals surface area (Å²) < 4.78 is 0. The highest BCUT2D eigenvalue weighted by Gasteiger charge is 2.72. The van der Waals surface area contributed by atoms with E-state index in [0.717, 1.165) is 29.6 Å². The molecule has 7 rings (SSSR count). The third kappa shape index (κ3) is 4.39. The second-order valence-corrected chi connectivity index (χ2v) is 14.0. The highest BCUT2D eigenvalue weighted by Crippen LogP contribution is 2.71. The van der Waals surface area contributed by atoms with Gasteiger partial charge >= 0.3 is 0 Å². The van der Waals surface area contributed by atoms with Gasteiger partial charge in [0.2, 0.25) is 0 Å². The van der Waals surface area contributed by atoms with Gasteiger partial charge in [-0.05, 0) is 79.2 Å². The fourth-order valence-corrected chi connectivity index (χ4v) is 10.3. The van der Waals surface area contributed by atoms with Crippen LogP contribution >= 0.6 is 0 Å². The molecule has 2 aromatic rings. The number of rotatable bonds is 7. The summed E-state index contributed by atoms with van der Waals surface area (Å²) in [6, 6.07) is 10.0. The van der Waals surface area contributed by atoms with Crippen molar-refractivity contribution in [3.05, 3.63) is 60.3 Å². The number of H-pyrrole nitrogens is 1. The van der Waals surface area contributed by atoms with Gasteiger partial charge in [0.1, 0.15) is 0 Å². The lowest BCUT2D eigenvalue weighted by Crippen LogP contribution is -2.56. The second-order valence-electron chi connectivity index (χ2n) is 14.0. The zero-order chi connectivity index (χ0) is 30.7. The van der Waals surface area contributed by atoms with Crippen molar-refractivity contribution >= 4 is 16.9 Å². The van der Waals surface area contributed by atoms with E-state index in [1.54, 1.807) is 7.05 Å². The number of aromatic amines is 1. The average molecular weight is 599 g/mol. The molecule has 3 saturated carbocycles. The molecule has 0 radical (unpaired) electrons. The van der Waals surface area contributed by atoms with Crippen LogP contribution in [0.1, 0.15) is 50.6 Å². The summed E-state index contributed by atoms with van der Waals surface area (Å²) in [5.74, 6) is 7.11. The molecule has 0 spiro atoms. The van der Waals surface area contributed by atoms with Crippen molar-refractivity contribution in [3.63, 3.8) is 0 Å². The van der Waals surface area contributed by atoms with Crippen molar-refractivity contribution in [2.45, 2.75) is 74.7 Å². The first-order chi connectivity index (χ1) is 21.2. The number of hydrogen-bond acceptors (Lipinski definition) is 5. The summed E-state index contributed by atoms with van der Waals surface area (Å²) in [6.45, 7) is 5.44. The molecule has 8 heteroatoms. The molecular weight excluding hydrogens is 552 g/mol. The minimum Gasteiger partial charge on any atom is -0.396 e. The van der Waals surface area contributed by atoms with E-state index in [1.165, 1.54) is 5.39 Å². The summed E-state index contributed by atoms with van der Waals surface area (Å²) >= 11 is 0. The van der Waals surface area contributed by atoms with Crippen molar-refractivity contribution in [1.29, 1.82) is 0 Å². The van der Waals surface area contributed by atoms with Gasteiger partial charge in [0.15, 0.2) is 5.96 Å². The molecule has 1 aromatic carbocycles. The zero-order valence-electron chi connectivity index (χ0n) is 25.6. The lowest BCUT2D eigenvalue weighted by Gasteiger charge is -2.56. The smallest absolute Gasteiger partial charge is 0.191 e. The normalized spacial score (nSPS) is 40.4. The number of fused-ring (bicyclic) bond motifs is 2. The van der Waals surface area contributed by atoms with Crippen molar-refractivity contribution < 1.29 is 20.4 Å². The van der Waals surface area contributed by atoms with Gasteiger partial charge in [-0.3, -0.25) is 4.99 Å². The Kier molecular flexibility index (Phi) is 7.44. The Morgan fingerprint density at radius 2 is 1.98 bits per heavy atom. The Balaban J connectivity index is 1.33. The Labute approximate surface area is 259 Å². The Morgan fingerprint density at radius 3 is 2.77 bits per heavy atom. The number of allylic oxidation sites excluding steroid dienone is 2. The van der Waals surface area contributed by atoms with Crippen LogP contribution in [0.25, 0.3) is 10.9 Å². The highest BCUT2D eigenvalue weighted by atomic mass is 16.3. The number of aliphatic imine (C=N–C) groups is 1. The fraction of sp³-hybridized carbons (Fsp3) is 0.583. The van der Waals surface area contributed by atoms with Crippen LogP contribution in [0.2, 0.25) is 0 Å². The van der Waals surface area contributed by atoms with Crippen LogP contribution < -0.4 is 10.6 Å². The molecule has 0 amide bonds. The van der Waals surface area contributed by atoms with E-state index in [2.05, 4.69) is 62.8 Å². The van der Waals surface area contributed by atoms with Crippen LogP contribution in [0.3, 0.4) is 0 Å². The number of nitrogens with zero attached hydrogens (tertiary/aromatic N) is 1. The molecule has 0 unspecified atom stereocenters. The van der Waals surface area contributed by atoms with Crippen molar-refractivity contribution in [1.82, 2.24) is 15.6 Å². The van der Waals surface area contributed by atoms with Crippen molar-refractivity contribution in [3.8, 4) is 11.8 Å². The summed E-state index contributed by atoms with van der Waals surface area (Å²) in [4.78, 5) is 7.95. The van der Waals surface area contributed by atoms with Gasteiger partial charge in [-0.2, -0.15) is 0 Å². The summed E-state index contributed by atoms with van der Waals surface area (Å²) in [5.41, 5.74) is 0.384. The molecular formula is C36H46N4O4. The van der Waals surface area contributed by atoms with Gasteiger partial charge in [-0.15, -0.1) is 5.92 Å². The van der Waals surface area contributed by atoms with E-state index < -0.39 is 28.8 Å². The number of aromatic nitrogens is 1. The highest BCUT2D eigenvalue weighted by molar-refractivity contribution is 5.81. The predicted octanol–water partition coefficient (Wildman–Crippen LogP) is 3.04. The van der Waals surface area contributed by atoms with Crippen LogP contribution in [0.15, 0.2) is 59.6 Å². The van der Waals surface area contributed by atoms with E-state index in [0.29, 0.717) is 44.6 Å². The van der Waals surface area contributed by atoms with E-state index in [-0.39, 0.29) is 42.6 Å². The summed E-state index contributed by atoms with van der Waals surface area (Å²) in [6.07, 6.45) is 8.21.